The molecular weight excluding hydrogens is 180 g/mol. The minimum Gasteiger partial charge on any atom is -0.381 e. The fraction of sp³-hybridized carbons (Fsp3) is 0.900. The molecule has 4 nitrogen and oxygen atoms in total. The third-order valence-electron chi connectivity index (χ3n) is 2.66. The van der Waals surface area contributed by atoms with E-state index in [1.807, 2.05) is 7.05 Å². The second-order valence-electron chi connectivity index (χ2n) is 3.87. The lowest BCUT2D eigenvalue weighted by Crippen LogP contribution is -2.35. The van der Waals surface area contributed by atoms with Crippen LogP contribution < -0.4 is 5.73 Å². The van der Waals surface area contributed by atoms with Crippen LogP contribution in [0.25, 0.3) is 0 Å². The van der Waals surface area contributed by atoms with Crippen molar-refractivity contribution < 1.29 is 9.53 Å². The van der Waals surface area contributed by atoms with Gasteiger partial charge in [-0.05, 0) is 18.8 Å². The second-order valence-corrected chi connectivity index (χ2v) is 3.87. The van der Waals surface area contributed by atoms with E-state index in [9.17, 15) is 4.79 Å². The van der Waals surface area contributed by atoms with Crippen LogP contribution in [0.2, 0.25) is 0 Å². The number of nitrogens with two attached hydrogens (primary N) is 1. The molecule has 1 saturated heterocycles. The third kappa shape index (κ3) is 3.64. The van der Waals surface area contributed by atoms with Gasteiger partial charge in [-0.15, -0.1) is 0 Å². The molecule has 0 aromatic heterocycles. The Morgan fingerprint density at radius 1 is 1.50 bits per heavy atom. The smallest absolute Gasteiger partial charge is 0.223 e. The summed E-state index contributed by atoms with van der Waals surface area (Å²) in [7, 11) is 1.85. The Balaban J connectivity index is 2.24. The van der Waals surface area contributed by atoms with Crippen LogP contribution >= 0.6 is 0 Å². The maximum absolute atomic E-state index is 11.4. The predicted molar refractivity (Wildman–Crippen MR) is 54.9 cm³/mol. The summed E-state index contributed by atoms with van der Waals surface area (Å²) < 4.78 is 5.27. The molecule has 0 unspecified atom stereocenters. The molecule has 0 aromatic carbocycles. The Labute approximate surface area is 85.4 Å². The lowest BCUT2D eigenvalue weighted by Gasteiger charge is -2.27. The Hall–Kier alpha value is -0.610. The molecule has 0 spiro atoms. The summed E-state index contributed by atoms with van der Waals surface area (Å²) in [5, 5.41) is 0. The monoisotopic (exact) mass is 200 g/mol. The van der Waals surface area contributed by atoms with Gasteiger partial charge >= 0.3 is 0 Å². The quantitative estimate of drug-likeness (QED) is 0.706. The second kappa shape index (κ2) is 5.98. The van der Waals surface area contributed by atoms with Gasteiger partial charge in [-0.25, -0.2) is 0 Å². The van der Waals surface area contributed by atoms with Crippen LogP contribution in [0.3, 0.4) is 0 Å². The topological polar surface area (TPSA) is 55.6 Å². The van der Waals surface area contributed by atoms with Crippen molar-refractivity contribution in [2.45, 2.75) is 19.3 Å². The highest BCUT2D eigenvalue weighted by atomic mass is 16.5. The summed E-state index contributed by atoms with van der Waals surface area (Å²) in [5.74, 6) is 0.759. The predicted octanol–water partition coefficient (Wildman–Crippen LogP) is 0.220. The van der Waals surface area contributed by atoms with Gasteiger partial charge in [0.25, 0.3) is 0 Å². The number of carbonyl (C=O) groups excluding carboxylic acids is 1. The number of ether oxygens (including phenoxy) is 1. The number of hydrogen-bond acceptors (Lipinski definition) is 3. The average molecular weight is 200 g/mol. The molecule has 0 aliphatic carbocycles. The van der Waals surface area contributed by atoms with Gasteiger partial charge in [-0.3, -0.25) is 4.79 Å². The fourth-order valence-corrected chi connectivity index (χ4v) is 1.73. The maximum atomic E-state index is 11.4. The molecule has 1 aliphatic heterocycles. The van der Waals surface area contributed by atoms with Gasteiger partial charge in [0.1, 0.15) is 0 Å². The average Bonchev–Trinajstić information content (AvgIpc) is 2.19. The molecule has 0 atom stereocenters. The van der Waals surface area contributed by atoms with Crippen molar-refractivity contribution in [3.05, 3.63) is 0 Å². The van der Waals surface area contributed by atoms with Crippen LogP contribution in [0.1, 0.15) is 19.3 Å². The van der Waals surface area contributed by atoms with Crippen LogP contribution in [0, 0.1) is 5.92 Å². The number of rotatable bonds is 4. The Morgan fingerprint density at radius 3 is 2.71 bits per heavy atom. The first kappa shape index (κ1) is 11.5. The van der Waals surface area contributed by atoms with Crippen LogP contribution in [-0.4, -0.2) is 44.2 Å². The van der Waals surface area contributed by atoms with Gasteiger partial charge in [-0.1, -0.05) is 0 Å². The Kier molecular flexibility index (Phi) is 4.90. The van der Waals surface area contributed by atoms with Gasteiger partial charge in [0.2, 0.25) is 5.91 Å². The van der Waals surface area contributed by atoms with Gasteiger partial charge < -0.3 is 15.4 Å². The maximum Gasteiger partial charge on any atom is 0.223 e. The largest absolute Gasteiger partial charge is 0.381 e. The molecule has 0 bridgehead atoms. The first-order valence-electron chi connectivity index (χ1n) is 5.26. The van der Waals surface area contributed by atoms with Crippen molar-refractivity contribution in [2.24, 2.45) is 11.7 Å². The van der Waals surface area contributed by atoms with E-state index in [4.69, 9.17) is 10.5 Å². The molecule has 82 valence electrons. The van der Waals surface area contributed by atoms with Crippen molar-refractivity contribution in [2.75, 3.05) is 33.4 Å². The zero-order valence-electron chi connectivity index (χ0n) is 8.87. The van der Waals surface area contributed by atoms with Crippen LogP contribution in [0.5, 0.6) is 0 Å². The van der Waals surface area contributed by atoms with E-state index in [1.54, 1.807) is 4.90 Å². The summed E-state index contributed by atoms with van der Waals surface area (Å²) in [4.78, 5) is 13.2. The summed E-state index contributed by atoms with van der Waals surface area (Å²) in [6.45, 7) is 2.96. The highest BCUT2D eigenvalue weighted by Gasteiger charge is 2.17. The van der Waals surface area contributed by atoms with E-state index in [0.717, 1.165) is 32.6 Å². The van der Waals surface area contributed by atoms with E-state index in [0.29, 0.717) is 18.9 Å². The molecule has 0 saturated carbocycles. The molecule has 1 amide bonds. The van der Waals surface area contributed by atoms with Crippen molar-refractivity contribution in [1.82, 2.24) is 4.90 Å². The van der Waals surface area contributed by atoms with Crippen molar-refractivity contribution >= 4 is 5.91 Å². The van der Waals surface area contributed by atoms with E-state index < -0.39 is 0 Å². The first-order chi connectivity index (χ1) is 6.74. The molecule has 0 aromatic rings. The van der Waals surface area contributed by atoms with E-state index >= 15 is 0 Å². The standard InChI is InChI=1S/C10H20N2O2/c1-12(10(13)2-5-11)8-9-3-6-14-7-4-9/h9H,2-8,11H2,1H3. The van der Waals surface area contributed by atoms with Crippen molar-refractivity contribution in [1.29, 1.82) is 0 Å². The molecule has 0 radical (unpaired) electrons. The molecule has 4 heteroatoms. The fourth-order valence-electron chi connectivity index (χ4n) is 1.73. The minimum absolute atomic E-state index is 0.152. The van der Waals surface area contributed by atoms with Crippen molar-refractivity contribution in [3.63, 3.8) is 0 Å². The number of carbonyl (C=O) groups is 1. The zero-order chi connectivity index (χ0) is 10.4. The molecule has 1 fully saturated rings. The Bertz CT molecular complexity index is 179. The van der Waals surface area contributed by atoms with Gasteiger partial charge in [0.05, 0.1) is 0 Å². The van der Waals surface area contributed by atoms with Crippen LogP contribution in [0.4, 0.5) is 0 Å². The first-order valence-corrected chi connectivity index (χ1v) is 5.26. The summed E-state index contributed by atoms with van der Waals surface area (Å²) in [5.41, 5.74) is 5.33. The summed E-state index contributed by atoms with van der Waals surface area (Å²) >= 11 is 0. The normalized spacial score (nSPS) is 18.1. The highest BCUT2D eigenvalue weighted by Crippen LogP contribution is 2.15. The van der Waals surface area contributed by atoms with Crippen molar-refractivity contribution in [3.8, 4) is 0 Å². The van der Waals surface area contributed by atoms with E-state index in [1.165, 1.54) is 0 Å². The van der Waals surface area contributed by atoms with Gasteiger partial charge in [0.15, 0.2) is 0 Å². The molecule has 2 N–H and O–H groups in total. The van der Waals surface area contributed by atoms with Gasteiger partial charge in [-0.2, -0.15) is 0 Å². The lowest BCUT2D eigenvalue weighted by molar-refractivity contribution is -0.130. The number of hydrogen-bond donors (Lipinski definition) is 1. The summed E-state index contributed by atoms with van der Waals surface area (Å²) in [6, 6.07) is 0. The Morgan fingerprint density at radius 2 is 2.14 bits per heavy atom. The van der Waals surface area contributed by atoms with E-state index in [2.05, 4.69) is 0 Å². The molecular formula is C10H20N2O2. The minimum atomic E-state index is 0.152. The van der Waals surface area contributed by atoms with Crippen LogP contribution in [0.15, 0.2) is 0 Å². The number of nitrogens with zero attached hydrogens (tertiary/aromatic N) is 1. The molecule has 1 heterocycles. The van der Waals surface area contributed by atoms with Crippen LogP contribution in [-0.2, 0) is 9.53 Å². The zero-order valence-corrected chi connectivity index (χ0v) is 8.87. The highest BCUT2D eigenvalue weighted by molar-refractivity contribution is 5.76. The third-order valence-corrected chi connectivity index (χ3v) is 2.66. The lowest BCUT2D eigenvalue weighted by atomic mass is 10.00. The SMILES string of the molecule is CN(CC1CCOCC1)C(=O)CCN. The molecule has 1 rings (SSSR count). The molecule has 14 heavy (non-hydrogen) atoms. The van der Waals surface area contributed by atoms with E-state index in [-0.39, 0.29) is 5.91 Å². The molecule has 1 aliphatic rings. The number of amides is 1. The van der Waals surface area contributed by atoms with Gasteiger partial charge in [0, 0.05) is 39.8 Å². The summed E-state index contributed by atoms with van der Waals surface area (Å²) in [6.07, 6.45) is 2.60.